The summed E-state index contributed by atoms with van der Waals surface area (Å²) in [4.78, 5) is 37.3. The number of carbonyl (C=O) groups excluding carboxylic acids is 3. The summed E-state index contributed by atoms with van der Waals surface area (Å²) >= 11 is 11.9. The van der Waals surface area contributed by atoms with Crippen molar-refractivity contribution in [1.82, 2.24) is 5.43 Å². The Morgan fingerprint density at radius 1 is 0.889 bits per heavy atom. The number of anilines is 1. The van der Waals surface area contributed by atoms with Crippen molar-refractivity contribution in [3.63, 3.8) is 0 Å². The van der Waals surface area contributed by atoms with Crippen molar-refractivity contribution in [3.8, 4) is 5.75 Å². The highest BCUT2D eigenvalue weighted by Crippen LogP contribution is 2.28. The number of ether oxygens (including phenoxy) is 1. The number of carbonyl (C=O) groups is 3. The molecule has 4 aromatic carbocycles. The third-order valence-corrected chi connectivity index (χ3v) is 5.69. The number of benzene rings is 4. The maximum absolute atomic E-state index is 12.7. The van der Waals surface area contributed by atoms with Crippen LogP contribution in [0.25, 0.3) is 10.8 Å². The molecule has 180 valence electrons. The SMILES string of the molecule is Cc1cccc(C(=O)Oc2ccc3ccccc3c2C=NNC(=O)C(=O)Nc2cc(Cl)ccc2Cl)c1. The number of hydrazone groups is 1. The first-order chi connectivity index (χ1) is 17.3. The van der Waals surface area contributed by atoms with Crippen molar-refractivity contribution in [2.45, 2.75) is 6.92 Å². The summed E-state index contributed by atoms with van der Waals surface area (Å²) < 4.78 is 5.65. The van der Waals surface area contributed by atoms with E-state index in [-0.39, 0.29) is 16.5 Å². The predicted molar refractivity (Wildman–Crippen MR) is 141 cm³/mol. The van der Waals surface area contributed by atoms with Crippen molar-refractivity contribution in [2.24, 2.45) is 5.10 Å². The van der Waals surface area contributed by atoms with Crippen LogP contribution < -0.4 is 15.5 Å². The topological polar surface area (TPSA) is 96.9 Å². The minimum Gasteiger partial charge on any atom is -0.422 e. The number of amides is 2. The Morgan fingerprint density at radius 2 is 1.69 bits per heavy atom. The fourth-order valence-electron chi connectivity index (χ4n) is 3.41. The van der Waals surface area contributed by atoms with E-state index in [0.717, 1.165) is 16.3 Å². The van der Waals surface area contributed by atoms with E-state index in [4.69, 9.17) is 27.9 Å². The molecule has 0 atom stereocenters. The molecule has 0 unspecified atom stereocenters. The van der Waals surface area contributed by atoms with Crippen molar-refractivity contribution < 1.29 is 19.1 Å². The Morgan fingerprint density at radius 3 is 2.50 bits per heavy atom. The molecule has 4 aromatic rings. The highest BCUT2D eigenvalue weighted by atomic mass is 35.5. The fraction of sp³-hybridized carbons (Fsp3) is 0.0370. The maximum Gasteiger partial charge on any atom is 0.343 e. The van der Waals surface area contributed by atoms with Crippen molar-refractivity contribution in [1.29, 1.82) is 0 Å². The number of hydrogen-bond acceptors (Lipinski definition) is 5. The van der Waals surface area contributed by atoms with Gasteiger partial charge in [0.25, 0.3) is 0 Å². The van der Waals surface area contributed by atoms with Gasteiger partial charge in [-0.05, 0) is 54.1 Å². The zero-order chi connectivity index (χ0) is 25.7. The molecule has 0 bridgehead atoms. The summed E-state index contributed by atoms with van der Waals surface area (Å²) in [7, 11) is 0. The van der Waals surface area contributed by atoms with Gasteiger partial charge in [0.15, 0.2) is 0 Å². The minimum absolute atomic E-state index is 0.188. The summed E-state index contributed by atoms with van der Waals surface area (Å²) in [6.07, 6.45) is 1.32. The Kier molecular flexibility index (Phi) is 7.63. The van der Waals surface area contributed by atoms with Gasteiger partial charge in [0, 0.05) is 10.6 Å². The second-order valence-corrected chi connectivity index (χ2v) is 8.58. The number of aryl methyl sites for hydroxylation is 1. The number of nitrogens with zero attached hydrogens (tertiary/aromatic N) is 1. The Labute approximate surface area is 216 Å². The van der Waals surface area contributed by atoms with Crippen LogP contribution in [0.2, 0.25) is 10.0 Å². The third kappa shape index (κ3) is 5.89. The second-order valence-electron chi connectivity index (χ2n) is 7.73. The molecule has 0 radical (unpaired) electrons. The molecule has 0 saturated carbocycles. The molecule has 2 amide bonds. The van der Waals surface area contributed by atoms with Crippen LogP contribution in [0.3, 0.4) is 0 Å². The molecule has 9 heteroatoms. The molecule has 2 N–H and O–H groups in total. The first kappa shape index (κ1) is 24.9. The Bertz CT molecular complexity index is 1520. The van der Waals surface area contributed by atoms with Gasteiger partial charge >= 0.3 is 17.8 Å². The van der Waals surface area contributed by atoms with Crippen molar-refractivity contribution in [2.75, 3.05) is 5.32 Å². The van der Waals surface area contributed by atoms with Crippen LogP contribution in [0.5, 0.6) is 5.75 Å². The molecule has 0 aromatic heterocycles. The molecular formula is C27H19Cl2N3O4. The average molecular weight is 520 g/mol. The monoisotopic (exact) mass is 519 g/mol. The van der Waals surface area contributed by atoms with Crippen LogP contribution in [0.15, 0.2) is 84.0 Å². The third-order valence-electron chi connectivity index (χ3n) is 5.13. The van der Waals surface area contributed by atoms with Gasteiger partial charge in [-0.3, -0.25) is 9.59 Å². The lowest BCUT2D eigenvalue weighted by atomic mass is 10.0. The number of halogens is 2. The van der Waals surface area contributed by atoms with Gasteiger partial charge in [0.1, 0.15) is 5.75 Å². The molecule has 0 aliphatic rings. The highest BCUT2D eigenvalue weighted by Gasteiger charge is 2.16. The molecular weight excluding hydrogens is 501 g/mol. The summed E-state index contributed by atoms with van der Waals surface area (Å²) in [6, 6.07) is 22.4. The lowest BCUT2D eigenvalue weighted by Gasteiger charge is -2.11. The smallest absolute Gasteiger partial charge is 0.343 e. The highest BCUT2D eigenvalue weighted by molar-refractivity contribution is 6.42. The van der Waals surface area contributed by atoms with Gasteiger partial charge in [0.2, 0.25) is 0 Å². The summed E-state index contributed by atoms with van der Waals surface area (Å²) in [5, 5.41) is 8.46. The van der Waals surface area contributed by atoms with Gasteiger partial charge in [-0.25, -0.2) is 10.2 Å². The maximum atomic E-state index is 12.7. The lowest BCUT2D eigenvalue weighted by Crippen LogP contribution is -2.32. The molecule has 36 heavy (non-hydrogen) atoms. The molecule has 4 rings (SSSR count). The quantitative estimate of drug-likeness (QED) is 0.115. The lowest BCUT2D eigenvalue weighted by molar-refractivity contribution is -0.136. The zero-order valence-electron chi connectivity index (χ0n) is 18.9. The first-order valence-electron chi connectivity index (χ1n) is 10.7. The molecule has 0 heterocycles. The van der Waals surface area contributed by atoms with Crippen molar-refractivity contribution >= 4 is 63.7 Å². The van der Waals surface area contributed by atoms with Gasteiger partial charge in [0.05, 0.1) is 22.5 Å². The largest absolute Gasteiger partial charge is 0.422 e. The normalized spacial score (nSPS) is 10.9. The van der Waals surface area contributed by atoms with Gasteiger partial charge in [-0.1, -0.05) is 71.2 Å². The van der Waals surface area contributed by atoms with Crippen LogP contribution in [-0.4, -0.2) is 24.0 Å². The summed E-state index contributed by atoms with van der Waals surface area (Å²) in [5.41, 5.74) is 4.13. The van der Waals surface area contributed by atoms with Crippen LogP contribution in [-0.2, 0) is 9.59 Å². The predicted octanol–water partition coefficient (Wildman–Crippen LogP) is 5.76. The van der Waals surface area contributed by atoms with E-state index in [2.05, 4.69) is 15.8 Å². The molecule has 0 aliphatic carbocycles. The van der Waals surface area contributed by atoms with E-state index >= 15 is 0 Å². The molecule has 7 nitrogen and oxygen atoms in total. The van der Waals surface area contributed by atoms with E-state index in [0.29, 0.717) is 16.1 Å². The number of nitrogens with one attached hydrogen (secondary N) is 2. The fourth-order valence-corrected chi connectivity index (χ4v) is 3.74. The molecule has 0 spiro atoms. The zero-order valence-corrected chi connectivity index (χ0v) is 20.4. The van der Waals surface area contributed by atoms with E-state index in [1.807, 2.05) is 43.3 Å². The molecule has 0 fully saturated rings. The van der Waals surface area contributed by atoms with Crippen LogP contribution in [0.4, 0.5) is 5.69 Å². The Hall–Kier alpha value is -4.20. The molecule has 0 saturated heterocycles. The first-order valence-corrected chi connectivity index (χ1v) is 11.5. The van der Waals surface area contributed by atoms with E-state index in [1.165, 1.54) is 18.3 Å². The summed E-state index contributed by atoms with van der Waals surface area (Å²) in [5.74, 6) is -2.31. The van der Waals surface area contributed by atoms with Gasteiger partial charge < -0.3 is 10.1 Å². The number of fused-ring (bicyclic) bond motifs is 1. The molecule has 0 aliphatic heterocycles. The average Bonchev–Trinajstić information content (AvgIpc) is 2.87. The minimum atomic E-state index is -1.03. The van der Waals surface area contributed by atoms with E-state index in [9.17, 15) is 14.4 Å². The van der Waals surface area contributed by atoms with Crippen LogP contribution >= 0.6 is 23.2 Å². The Balaban J connectivity index is 1.55. The standard InChI is InChI=1S/C27H19Cl2N3O4/c1-16-5-4-7-18(13-16)27(35)36-24-12-9-17-6-2-3-8-20(17)21(24)15-30-32-26(34)25(33)31-23-14-19(28)10-11-22(23)29/h2-15H,1H3,(H,31,33)(H,32,34). The number of esters is 1. The van der Waals surface area contributed by atoms with Crippen LogP contribution in [0, 0.1) is 6.92 Å². The van der Waals surface area contributed by atoms with Crippen molar-refractivity contribution in [3.05, 3.63) is 106 Å². The van der Waals surface area contributed by atoms with E-state index in [1.54, 1.807) is 30.3 Å². The van der Waals surface area contributed by atoms with E-state index < -0.39 is 17.8 Å². The number of rotatable bonds is 5. The van der Waals surface area contributed by atoms with Gasteiger partial charge in [-0.15, -0.1) is 0 Å². The van der Waals surface area contributed by atoms with Crippen LogP contribution in [0.1, 0.15) is 21.5 Å². The second kappa shape index (κ2) is 11.0. The summed E-state index contributed by atoms with van der Waals surface area (Å²) in [6.45, 7) is 1.88. The number of hydrogen-bond donors (Lipinski definition) is 2. The van der Waals surface area contributed by atoms with Gasteiger partial charge in [-0.2, -0.15) is 5.10 Å².